The van der Waals surface area contributed by atoms with Gasteiger partial charge in [0, 0.05) is 23.2 Å². The number of hydrogen-bond acceptors (Lipinski definition) is 3. The molecule has 2 aromatic carbocycles. The van der Waals surface area contributed by atoms with Crippen LogP contribution in [0.1, 0.15) is 73.5 Å². The highest BCUT2D eigenvalue weighted by atomic mass is 16.5. The lowest BCUT2D eigenvalue weighted by atomic mass is 9.91. The molecule has 5 rings (SSSR count). The average Bonchev–Trinajstić information content (AvgIpc) is 3.19. The molecule has 2 heterocycles. The molecule has 36 heavy (non-hydrogen) atoms. The lowest BCUT2D eigenvalue weighted by Gasteiger charge is -2.45. The maximum Gasteiger partial charge on any atom is 0.275 e. The molecule has 1 saturated carbocycles. The van der Waals surface area contributed by atoms with E-state index in [1.807, 2.05) is 61.7 Å². The van der Waals surface area contributed by atoms with E-state index in [1.165, 1.54) is 19.3 Å². The zero-order valence-electron chi connectivity index (χ0n) is 21.9. The number of carbonyl (C=O) groups is 2. The molecule has 6 heteroatoms. The van der Waals surface area contributed by atoms with E-state index in [9.17, 15) is 9.59 Å². The quantitative estimate of drug-likeness (QED) is 0.497. The fourth-order valence-corrected chi connectivity index (χ4v) is 5.97. The minimum absolute atomic E-state index is 0.0863. The molecule has 2 aliphatic rings. The van der Waals surface area contributed by atoms with Crippen molar-refractivity contribution < 1.29 is 14.3 Å². The molecule has 6 nitrogen and oxygen atoms in total. The Bertz CT molecular complexity index is 1300. The maximum atomic E-state index is 14.2. The van der Waals surface area contributed by atoms with Gasteiger partial charge in [-0.3, -0.25) is 14.5 Å². The van der Waals surface area contributed by atoms with Gasteiger partial charge in [0.25, 0.3) is 5.91 Å². The summed E-state index contributed by atoms with van der Waals surface area (Å²) in [6.07, 6.45) is 7.97. The van der Waals surface area contributed by atoms with E-state index < -0.39 is 5.54 Å². The molecule has 2 amide bonds. The number of aryl methyl sites for hydroxylation is 2. The first-order valence-electron chi connectivity index (χ1n) is 13.2. The third-order valence-electron chi connectivity index (χ3n) is 8.02. The first-order valence-corrected chi connectivity index (χ1v) is 13.2. The number of ether oxygens (including phenoxy) is 1. The lowest BCUT2D eigenvalue weighted by molar-refractivity contribution is -0.127. The molecular formula is C30H37N3O3. The van der Waals surface area contributed by atoms with Crippen LogP contribution >= 0.6 is 0 Å². The second-order valence-corrected chi connectivity index (χ2v) is 10.8. The second kappa shape index (κ2) is 9.64. The van der Waals surface area contributed by atoms with Crippen LogP contribution in [0.3, 0.4) is 0 Å². The Morgan fingerprint density at radius 1 is 1.00 bits per heavy atom. The molecule has 0 saturated heterocycles. The van der Waals surface area contributed by atoms with Crippen LogP contribution in [-0.2, 0) is 11.3 Å². The van der Waals surface area contributed by atoms with Crippen LogP contribution in [0, 0.1) is 13.8 Å². The summed E-state index contributed by atoms with van der Waals surface area (Å²) in [5.41, 5.74) is 3.32. The number of aromatic nitrogens is 1. The van der Waals surface area contributed by atoms with E-state index in [4.69, 9.17) is 4.74 Å². The monoisotopic (exact) mass is 487 g/mol. The van der Waals surface area contributed by atoms with Gasteiger partial charge < -0.3 is 14.6 Å². The molecule has 1 fully saturated rings. The first kappa shape index (κ1) is 24.4. The van der Waals surface area contributed by atoms with Crippen LogP contribution in [0.4, 0.5) is 5.69 Å². The van der Waals surface area contributed by atoms with Gasteiger partial charge in [-0.15, -0.1) is 0 Å². The van der Waals surface area contributed by atoms with Crippen LogP contribution in [0.25, 0.3) is 10.9 Å². The third kappa shape index (κ3) is 4.27. The number of hydrogen-bond donors (Lipinski definition) is 1. The van der Waals surface area contributed by atoms with Crippen molar-refractivity contribution in [2.24, 2.45) is 0 Å². The Balaban J connectivity index is 1.60. The Morgan fingerprint density at radius 3 is 2.42 bits per heavy atom. The fourth-order valence-electron chi connectivity index (χ4n) is 5.97. The summed E-state index contributed by atoms with van der Waals surface area (Å²) in [7, 11) is 1.64. The van der Waals surface area contributed by atoms with Crippen LogP contribution < -0.4 is 15.0 Å². The van der Waals surface area contributed by atoms with Gasteiger partial charge in [0.1, 0.15) is 17.0 Å². The minimum atomic E-state index is -1.08. The molecular weight excluding hydrogens is 450 g/mol. The Labute approximate surface area is 213 Å². The van der Waals surface area contributed by atoms with Crippen LogP contribution in [0.2, 0.25) is 0 Å². The van der Waals surface area contributed by atoms with E-state index in [0.29, 0.717) is 12.2 Å². The molecule has 3 aromatic rings. The van der Waals surface area contributed by atoms with Gasteiger partial charge in [0.15, 0.2) is 0 Å². The number of nitrogens with zero attached hydrogens (tertiary/aromatic N) is 2. The smallest absolute Gasteiger partial charge is 0.275 e. The summed E-state index contributed by atoms with van der Waals surface area (Å²) in [5.74, 6) is 0.490. The van der Waals surface area contributed by atoms with E-state index in [-0.39, 0.29) is 17.9 Å². The summed E-state index contributed by atoms with van der Waals surface area (Å²) in [5, 5.41) is 4.33. The van der Waals surface area contributed by atoms with Gasteiger partial charge in [-0.2, -0.15) is 0 Å². The molecule has 0 unspecified atom stereocenters. The molecule has 1 N–H and O–H groups in total. The van der Waals surface area contributed by atoms with Crippen molar-refractivity contribution in [1.29, 1.82) is 0 Å². The van der Waals surface area contributed by atoms with Crippen molar-refractivity contribution in [3.63, 3.8) is 0 Å². The maximum absolute atomic E-state index is 14.2. The fraction of sp³-hybridized carbons (Fsp3) is 0.467. The van der Waals surface area contributed by atoms with Gasteiger partial charge in [-0.05, 0) is 63.4 Å². The normalized spacial score (nSPS) is 21.1. The van der Waals surface area contributed by atoms with E-state index >= 15 is 0 Å². The summed E-state index contributed by atoms with van der Waals surface area (Å²) in [6, 6.07) is 14.0. The van der Waals surface area contributed by atoms with Crippen molar-refractivity contribution in [1.82, 2.24) is 9.88 Å². The average molecular weight is 488 g/mol. The van der Waals surface area contributed by atoms with Gasteiger partial charge in [-0.1, -0.05) is 49.8 Å². The third-order valence-corrected chi connectivity index (χ3v) is 8.02. The lowest BCUT2D eigenvalue weighted by Crippen LogP contribution is -2.65. The number of carbonyl (C=O) groups excluding carboxylic acids is 2. The van der Waals surface area contributed by atoms with Gasteiger partial charge in [0.05, 0.1) is 19.2 Å². The molecule has 1 aliphatic heterocycles. The highest BCUT2D eigenvalue weighted by Gasteiger charge is 2.49. The van der Waals surface area contributed by atoms with Crippen molar-refractivity contribution in [2.45, 2.75) is 83.8 Å². The predicted octanol–water partition coefficient (Wildman–Crippen LogP) is 5.91. The molecule has 190 valence electrons. The van der Waals surface area contributed by atoms with Crippen molar-refractivity contribution in [2.75, 3.05) is 12.0 Å². The summed E-state index contributed by atoms with van der Waals surface area (Å²) in [4.78, 5) is 30.1. The second-order valence-electron chi connectivity index (χ2n) is 10.8. The summed E-state index contributed by atoms with van der Waals surface area (Å²) in [6.45, 7) is 6.34. The van der Waals surface area contributed by atoms with Gasteiger partial charge in [-0.25, -0.2) is 0 Å². The molecule has 0 spiro atoms. The van der Waals surface area contributed by atoms with Crippen molar-refractivity contribution in [3.8, 4) is 5.75 Å². The predicted molar refractivity (Wildman–Crippen MR) is 144 cm³/mol. The zero-order chi connectivity index (χ0) is 25.4. The molecule has 0 radical (unpaired) electrons. The number of benzene rings is 2. The number of rotatable bonds is 4. The number of fused-ring (bicyclic) bond motifs is 3. The number of methoxy groups -OCH3 is 1. The standard InChI is InChI=1S/C30H37N3O3/c1-20-12-15-25(21(2)16-20)33-28(34)27-17-22-13-14-24(36-4)18-26(22)32(27)19-30(33,3)29(35)31-23-10-8-6-5-7-9-11-23/h12-18,23H,5-11,19H2,1-4H3,(H,31,35)/t30-/m0/s1. The first-order chi connectivity index (χ1) is 17.3. The zero-order valence-corrected chi connectivity index (χ0v) is 21.9. The molecule has 1 aromatic heterocycles. The van der Waals surface area contributed by atoms with E-state index in [1.54, 1.807) is 12.0 Å². The molecule has 0 bridgehead atoms. The van der Waals surface area contributed by atoms with Crippen molar-refractivity contribution in [3.05, 3.63) is 59.3 Å². The summed E-state index contributed by atoms with van der Waals surface area (Å²) >= 11 is 0. The largest absolute Gasteiger partial charge is 0.497 e. The van der Waals surface area contributed by atoms with Crippen LogP contribution in [-0.4, -0.2) is 35.1 Å². The topological polar surface area (TPSA) is 63.6 Å². The highest BCUT2D eigenvalue weighted by molar-refractivity contribution is 6.14. The van der Waals surface area contributed by atoms with E-state index in [0.717, 1.165) is 59.2 Å². The van der Waals surface area contributed by atoms with E-state index in [2.05, 4.69) is 11.4 Å². The minimum Gasteiger partial charge on any atom is -0.497 e. The number of anilines is 1. The van der Waals surface area contributed by atoms with Gasteiger partial charge in [0.2, 0.25) is 5.91 Å². The Morgan fingerprint density at radius 2 is 1.72 bits per heavy atom. The highest BCUT2D eigenvalue weighted by Crippen LogP contribution is 2.38. The Kier molecular flexibility index (Phi) is 6.54. The Hall–Kier alpha value is -3.28. The molecule has 1 aliphatic carbocycles. The van der Waals surface area contributed by atoms with Crippen LogP contribution in [0.5, 0.6) is 5.75 Å². The number of amides is 2. The summed E-state index contributed by atoms with van der Waals surface area (Å²) < 4.78 is 7.46. The SMILES string of the molecule is COc1ccc2cc3n(c2c1)C[C@@](C)(C(=O)NC1CCCCCCC1)N(c1ccc(C)cc1C)C3=O. The van der Waals surface area contributed by atoms with Gasteiger partial charge >= 0.3 is 0 Å². The van der Waals surface area contributed by atoms with Crippen LogP contribution in [0.15, 0.2) is 42.5 Å². The number of nitrogens with one attached hydrogen (secondary N) is 1. The van der Waals surface area contributed by atoms with Crippen molar-refractivity contribution >= 4 is 28.4 Å². The molecule has 1 atom stereocenters.